The topological polar surface area (TPSA) is 0 Å². The fourth-order valence-corrected chi connectivity index (χ4v) is 1.57. The molecule has 0 spiro atoms. The minimum Gasteiger partial charge on any atom is -0.207 e. The quantitative estimate of drug-likeness (QED) is 0.726. The number of hydrogen-bond donors (Lipinski definition) is 0. The van der Waals surface area contributed by atoms with Gasteiger partial charge in [0, 0.05) is 12.5 Å². The van der Waals surface area contributed by atoms with E-state index < -0.39 is 11.6 Å². The van der Waals surface area contributed by atoms with Gasteiger partial charge in [-0.2, -0.15) is 0 Å². The lowest BCUT2D eigenvalue weighted by Gasteiger charge is -2.03. The van der Waals surface area contributed by atoms with Gasteiger partial charge in [-0.1, -0.05) is 18.2 Å². The molecule has 16 heavy (non-hydrogen) atoms. The molecule has 0 bridgehead atoms. The molecule has 0 N–H and O–H groups in total. The van der Waals surface area contributed by atoms with Gasteiger partial charge in [0.05, 0.1) is 0 Å². The molecule has 3 heteroatoms. The second-order valence-electron chi connectivity index (χ2n) is 3.55. The lowest BCUT2D eigenvalue weighted by molar-refractivity contribution is 0.579. The highest BCUT2D eigenvalue weighted by Crippen LogP contribution is 2.15. The first-order valence-electron chi connectivity index (χ1n) is 4.83. The highest BCUT2D eigenvalue weighted by molar-refractivity contribution is 5.27. The Labute approximate surface area is 91.4 Å². The maximum atomic E-state index is 13.3. The first-order valence-corrected chi connectivity index (χ1v) is 4.83. The van der Waals surface area contributed by atoms with Crippen LogP contribution in [0.2, 0.25) is 0 Å². The molecule has 0 amide bonds. The Morgan fingerprint density at radius 1 is 0.812 bits per heavy atom. The Kier molecular flexibility index (Phi) is 2.95. The molecule has 2 aromatic rings. The first-order chi connectivity index (χ1) is 7.65. The summed E-state index contributed by atoms with van der Waals surface area (Å²) in [6.07, 6.45) is 0.182. The van der Waals surface area contributed by atoms with Crippen LogP contribution in [0.15, 0.2) is 42.5 Å². The lowest BCUT2D eigenvalue weighted by atomic mass is 10.0. The van der Waals surface area contributed by atoms with Gasteiger partial charge in [-0.05, 0) is 29.3 Å². The molecule has 0 saturated heterocycles. The fraction of sp³-hybridized carbons (Fsp3) is 0.0769. The van der Waals surface area contributed by atoms with Gasteiger partial charge < -0.3 is 0 Å². The number of halogens is 3. The molecule has 0 unspecified atom stereocenters. The number of benzene rings is 2. The van der Waals surface area contributed by atoms with Gasteiger partial charge in [-0.15, -0.1) is 0 Å². The third-order valence-electron chi connectivity index (χ3n) is 2.27. The minimum absolute atomic E-state index is 0.182. The van der Waals surface area contributed by atoms with Gasteiger partial charge in [0.15, 0.2) is 0 Å². The van der Waals surface area contributed by atoms with Crippen LogP contribution >= 0.6 is 0 Å². The van der Waals surface area contributed by atoms with Gasteiger partial charge in [0.1, 0.15) is 17.5 Å². The van der Waals surface area contributed by atoms with Crippen LogP contribution in [-0.2, 0) is 6.42 Å². The highest BCUT2D eigenvalue weighted by Gasteiger charge is 2.05. The Morgan fingerprint density at radius 3 is 2.06 bits per heavy atom. The van der Waals surface area contributed by atoms with Gasteiger partial charge in [-0.3, -0.25) is 0 Å². The Morgan fingerprint density at radius 2 is 1.44 bits per heavy atom. The van der Waals surface area contributed by atoms with E-state index in [9.17, 15) is 13.2 Å². The monoisotopic (exact) mass is 222 g/mol. The predicted octanol–water partition coefficient (Wildman–Crippen LogP) is 3.69. The zero-order valence-corrected chi connectivity index (χ0v) is 8.38. The van der Waals surface area contributed by atoms with Gasteiger partial charge in [-0.25, -0.2) is 13.2 Å². The molecule has 0 heterocycles. The van der Waals surface area contributed by atoms with Crippen LogP contribution in [0.3, 0.4) is 0 Å². The van der Waals surface area contributed by atoms with Crippen LogP contribution in [0.25, 0.3) is 0 Å². The molecule has 0 aliphatic carbocycles. The van der Waals surface area contributed by atoms with E-state index in [2.05, 4.69) is 0 Å². The smallest absolute Gasteiger partial charge is 0.126 e. The van der Waals surface area contributed by atoms with E-state index >= 15 is 0 Å². The predicted molar refractivity (Wildman–Crippen MR) is 55.6 cm³/mol. The van der Waals surface area contributed by atoms with Crippen molar-refractivity contribution < 1.29 is 13.2 Å². The van der Waals surface area contributed by atoms with Crippen molar-refractivity contribution in [2.24, 2.45) is 0 Å². The summed E-state index contributed by atoms with van der Waals surface area (Å²) in [6, 6.07) is 9.39. The summed E-state index contributed by atoms with van der Waals surface area (Å²) in [5.74, 6) is -1.66. The van der Waals surface area contributed by atoms with Crippen LogP contribution in [0.4, 0.5) is 13.2 Å². The normalized spacial score (nSPS) is 10.4. The number of rotatable bonds is 2. The molecule has 2 aromatic carbocycles. The summed E-state index contributed by atoms with van der Waals surface area (Å²) in [5.41, 5.74) is 0.843. The van der Waals surface area contributed by atoms with E-state index in [0.29, 0.717) is 11.1 Å². The molecule has 0 fully saturated rings. The summed E-state index contributed by atoms with van der Waals surface area (Å²) in [4.78, 5) is 0. The summed E-state index contributed by atoms with van der Waals surface area (Å²) < 4.78 is 39.1. The second-order valence-corrected chi connectivity index (χ2v) is 3.55. The van der Waals surface area contributed by atoms with Crippen molar-refractivity contribution in [3.05, 3.63) is 71.0 Å². The van der Waals surface area contributed by atoms with Crippen LogP contribution in [-0.4, -0.2) is 0 Å². The molecule has 0 saturated carbocycles. The molecule has 0 nitrogen and oxygen atoms in total. The average molecular weight is 222 g/mol. The fourth-order valence-electron chi connectivity index (χ4n) is 1.57. The molecule has 0 aromatic heterocycles. The summed E-state index contributed by atoms with van der Waals surface area (Å²) >= 11 is 0. The Balaban J connectivity index is 2.30. The van der Waals surface area contributed by atoms with Gasteiger partial charge in [0.25, 0.3) is 0 Å². The largest absolute Gasteiger partial charge is 0.207 e. The van der Waals surface area contributed by atoms with Crippen LogP contribution in [0.5, 0.6) is 0 Å². The zero-order chi connectivity index (χ0) is 11.5. The zero-order valence-electron chi connectivity index (χ0n) is 8.38. The summed E-state index contributed by atoms with van der Waals surface area (Å²) in [7, 11) is 0. The maximum Gasteiger partial charge on any atom is 0.126 e. The first kappa shape index (κ1) is 10.7. The van der Waals surface area contributed by atoms with Crippen molar-refractivity contribution >= 4 is 0 Å². The van der Waals surface area contributed by atoms with Crippen molar-refractivity contribution in [1.29, 1.82) is 0 Å². The molecular formula is C13H9F3. The average Bonchev–Trinajstić information content (AvgIpc) is 2.20. The number of hydrogen-bond acceptors (Lipinski definition) is 0. The molecule has 0 radical (unpaired) electrons. The van der Waals surface area contributed by atoms with E-state index in [1.165, 1.54) is 18.2 Å². The third-order valence-corrected chi connectivity index (χ3v) is 2.27. The molecule has 82 valence electrons. The van der Waals surface area contributed by atoms with Crippen LogP contribution < -0.4 is 0 Å². The van der Waals surface area contributed by atoms with Crippen molar-refractivity contribution in [2.75, 3.05) is 0 Å². The van der Waals surface area contributed by atoms with Crippen molar-refractivity contribution in [1.82, 2.24) is 0 Å². The van der Waals surface area contributed by atoms with E-state index in [0.717, 1.165) is 6.07 Å². The summed E-state index contributed by atoms with van der Waals surface area (Å²) in [6.45, 7) is 0. The Bertz CT molecular complexity index is 486. The lowest BCUT2D eigenvalue weighted by Crippen LogP contribution is -1.94. The second kappa shape index (κ2) is 4.39. The van der Waals surface area contributed by atoms with Crippen LogP contribution in [0.1, 0.15) is 11.1 Å². The third kappa shape index (κ3) is 2.42. The van der Waals surface area contributed by atoms with Crippen molar-refractivity contribution in [2.45, 2.75) is 6.42 Å². The molecule has 0 atom stereocenters. The molecule has 0 aliphatic heterocycles. The summed E-state index contributed by atoms with van der Waals surface area (Å²) in [5, 5.41) is 0. The maximum absolute atomic E-state index is 13.3. The van der Waals surface area contributed by atoms with E-state index in [1.807, 2.05) is 0 Å². The van der Waals surface area contributed by atoms with Gasteiger partial charge in [0.2, 0.25) is 0 Å². The minimum atomic E-state index is -0.647. The van der Waals surface area contributed by atoms with Crippen molar-refractivity contribution in [3.63, 3.8) is 0 Å². The molecule has 0 aliphatic rings. The van der Waals surface area contributed by atoms with E-state index in [4.69, 9.17) is 0 Å². The van der Waals surface area contributed by atoms with Crippen molar-refractivity contribution in [3.8, 4) is 0 Å². The highest BCUT2D eigenvalue weighted by atomic mass is 19.1. The molecular weight excluding hydrogens is 213 g/mol. The van der Waals surface area contributed by atoms with E-state index in [1.54, 1.807) is 18.2 Å². The molecule has 2 rings (SSSR count). The standard InChI is InChI=1S/C13H9F3/c14-11-6-9(7-12(15)8-11)5-10-3-1-2-4-13(10)16/h1-4,6-8H,5H2. The van der Waals surface area contributed by atoms with Gasteiger partial charge >= 0.3 is 0 Å². The SMILES string of the molecule is Fc1cc(F)cc(Cc2ccccc2F)c1. The Hall–Kier alpha value is -1.77. The van der Waals surface area contributed by atoms with E-state index in [-0.39, 0.29) is 12.2 Å². The van der Waals surface area contributed by atoms with Crippen LogP contribution in [0, 0.1) is 17.5 Å².